The van der Waals surface area contributed by atoms with Gasteiger partial charge in [0.25, 0.3) is 0 Å². The Labute approximate surface area is 121 Å². The summed E-state index contributed by atoms with van der Waals surface area (Å²) < 4.78 is 0. The second-order valence-electron chi connectivity index (χ2n) is 4.83. The van der Waals surface area contributed by atoms with E-state index in [1.165, 1.54) is 11.3 Å². The van der Waals surface area contributed by atoms with Crippen LogP contribution in [0.25, 0.3) is 0 Å². The number of carboxylic acid groups (broad SMARTS) is 1. The topological polar surface area (TPSA) is 81.7 Å². The molecule has 1 aliphatic rings. The van der Waals surface area contributed by atoms with E-state index in [0.29, 0.717) is 4.88 Å². The number of rotatable bonds is 4. The largest absolute Gasteiger partial charge is 0.479 e. The Balaban J connectivity index is 1.99. The van der Waals surface area contributed by atoms with Crippen LogP contribution in [0.15, 0.2) is 17.5 Å². The fourth-order valence-corrected chi connectivity index (χ4v) is 3.06. The van der Waals surface area contributed by atoms with Crippen LogP contribution in [-0.2, 0) is 4.79 Å². The maximum Gasteiger partial charge on any atom is 0.331 e. The highest BCUT2D eigenvalue weighted by molar-refractivity contribution is 7.10. The van der Waals surface area contributed by atoms with E-state index in [1.54, 1.807) is 29.5 Å². The normalized spacial score (nSPS) is 17.4. The lowest BCUT2D eigenvalue weighted by atomic mass is 10.1. The lowest BCUT2D eigenvalue weighted by Crippen LogP contribution is -2.49. The molecule has 0 aromatic carbocycles. The van der Waals surface area contributed by atoms with Gasteiger partial charge in [-0.3, -0.25) is 0 Å². The number of hydrogen-bond donors (Lipinski definition) is 3. The van der Waals surface area contributed by atoms with E-state index in [-0.39, 0.29) is 12.1 Å². The zero-order chi connectivity index (χ0) is 14.5. The van der Waals surface area contributed by atoms with E-state index in [4.69, 9.17) is 0 Å². The number of carboxylic acids is 1. The average molecular weight is 297 g/mol. The molecule has 0 saturated carbocycles. The molecule has 7 heteroatoms. The van der Waals surface area contributed by atoms with Crippen molar-refractivity contribution in [3.63, 3.8) is 0 Å². The molecule has 2 rings (SSSR count). The highest BCUT2D eigenvalue weighted by Gasteiger charge is 2.27. The molecule has 1 unspecified atom stereocenters. The number of nitrogens with zero attached hydrogens (tertiary/aromatic N) is 1. The third kappa shape index (κ3) is 3.49. The number of aliphatic carboxylic acids is 1. The van der Waals surface area contributed by atoms with E-state index < -0.39 is 12.0 Å². The number of carbonyl (C=O) groups excluding carboxylic acids is 1. The van der Waals surface area contributed by atoms with Crippen LogP contribution in [0.4, 0.5) is 4.79 Å². The van der Waals surface area contributed by atoms with E-state index in [0.717, 1.165) is 25.9 Å². The zero-order valence-electron chi connectivity index (χ0n) is 11.3. The van der Waals surface area contributed by atoms with Crippen molar-refractivity contribution in [3.05, 3.63) is 22.4 Å². The van der Waals surface area contributed by atoms with Crippen LogP contribution in [0.2, 0.25) is 0 Å². The molecule has 1 atom stereocenters. The van der Waals surface area contributed by atoms with Crippen molar-refractivity contribution in [1.29, 1.82) is 0 Å². The predicted molar refractivity (Wildman–Crippen MR) is 76.9 cm³/mol. The molecule has 3 N–H and O–H groups in total. The smallest absolute Gasteiger partial charge is 0.331 e. The number of thiophene rings is 1. The van der Waals surface area contributed by atoms with Gasteiger partial charge in [0.15, 0.2) is 6.04 Å². The van der Waals surface area contributed by atoms with E-state index in [2.05, 4.69) is 10.6 Å². The van der Waals surface area contributed by atoms with Gasteiger partial charge in [0.05, 0.1) is 0 Å². The first-order valence-corrected chi connectivity index (χ1v) is 7.48. The van der Waals surface area contributed by atoms with Gasteiger partial charge in [-0.15, -0.1) is 11.3 Å². The zero-order valence-corrected chi connectivity index (χ0v) is 12.2. The van der Waals surface area contributed by atoms with Gasteiger partial charge in [-0.1, -0.05) is 6.07 Å². The molecule has 6 nitrogen and oxygen atoms in total. The third-order valence-electron chi connectivity index (χ3n) is 3.52. The van der Waals surface area contributed by atoms with Gasteiger partial charge in [0, 0.05) is 18.0 Å². The minimum absolute atomic E-state index is 0.161. The first-order chi connectivity index (χ1) is 9.59. The molecule has 0 radical (unpaired) electrons. The van der Waals surface area contributed by atoms with Crippen molar-refractivity contribution in [2.24, 2.45) is 0 Å². The molecule has 2 heterocycles. The molecular formula is C13H19N3O3S. The third-order valence-corrected chi connectivity index (χ3v) is 4.46. The number of piperidine rings is 1. The summed E-state index contributed by atoms with van der Waals surface area (Å²) >= 11 is 1.32. The number of nitrogens with one attached hydrogen (secondary N) is 2. The maximum absolute atomic E-state index is 12.2. The van der Waals surface area contributed by atoms with Crippen LogP contribution >= 0.6 is 11.3 Å². The Bertz CT molecular complexity index is 457. The quantitative estimate of drug-likeness (QED) is 0.781. The number of carbonyl (C=O) groups is 2. The minimum atomic E-state index is -1.04. The molecule has 1 aromatic rings. The molecule has 110 valence electrons. The molecule has 1 fully saturated rings. The standard InChI is InChI=1S/C13H19N3O3S/c1-16(9-4-6-14-7-5-9)13(19)15-11(12(17)18)10-3-2-8-20-10/h2-3,8-9,11,14H,4-7H2,1H3,(H,15,19)(H,17,18). The highest BCUT2D eigenvalue weighted by atomic mass is 32.1. The average Bonchev–Trinajstić information content (AvgIpc) is 2.98. The highest BCUT2D eigenvalue weighted by Crippen LogP contribution is 2.20. The molecule has 1 aromatic heterocycles. The number of hydrogen-bond acceptors (Lipinski definition) is 4. The first kappa shape index (κ1) is 14.8. The molecule has 1 saturated heterocycles. The Kier molecular flexibility index (Phi) is 4.97. The summed E-state index contributed by atoms with van der Waals surface area (Å²) in [6.45, 7) is 1.77. The van der Waals surface area contributed by atoms with Crippen molar-refractivity contribution in [2.75, 3.05) is 20.1 Å². The van der Waals surface area contributed by atoms with Crippen molar-refractivity contribution in [2.45, 2.75) is 24.9 Å². The van der Waals surface area contributed by atoms with Gasteiger partial charge in [-0.05, 0) is 37.4 Å². The van der Waals surface area contributed by atoms with Crippen molar-refractivity contribution in [1.82, 2.24) is 15.5 Å². The van der Waals surface area contributed by atoms with E-state index in [9.17, 15) is 14.7 Å². The van der Waals surface area contributed by atoms with Crippen LogP contribution in [0.3, 0.4) is 0 Å². The summed E-state index contributed by atoms with van der Waals surface area (Å²) in [6.07, 6.45) is 1.78. The molecule has 20 heavy (non-hydrogen) atoms. The monoisotopic (exact) mass is 297 g/mol. The summed E-state index contributed by atoms with van der Waals surface area (Å²) in [7, 11) is 1.72. The van der Waals surface area contributed by atoms with Gasteiger partial charge < -0.3 is 20.6 Å². The fraction of sp³-hybridized carbons (Fsp3) is 0.538. The Hall–Kier alpha value is -1.60. The Morgan fingerprint density at radius 2 is 2.20 bits per heavy atom. The number of amides is 2. The summed E-state index contributed by atoms with van der Waals surface area (Å²) in [5.41, 5.74) is 0. The van der Waals surface area contributed by atoms with Crippen LogP contribution < -0.4 is 10.6 Å². The molecule has 1 aliphatic heterocycles. The lowest BCUT2D eigenvalue weighted by molar-refractivity contribution is -0.139. The first-order valence-electron chi connectivity index (χ1n) is 6.60. The molecule has 0 aliphatic carbocycles. The molecule has 0 bridgehead atoms. The SMILES string of the molecule is CN(C(=O)NC(C(=O)O)c1cccs1)C1CCNCC1. The van der Waals surface area contributed by atoms with E-state index >= 15 is 0 Å². The molecular weight excluding hydrogens is 278 g/mol. The van der Waals surface area contributed by atoms with Gasteiger partial charge in [-0.25, -0.2) is 9.59 Å². The molecule has 2 amide bonds. The van der Waals surface area contributed by atoms with Crippen LogP contribution in [-0.4, -0.2) is 48.2 Å². The maximum atomic E-state index is 12.2. The number of urea groups is 1. The van der Waals surface area contributed by atoms with Gasteiger partial charge in [0.1, 0.15) is 0 Å². The van der Waals surface area contributed by atoms with Crippen molar-refractivity contribution >= 4 is 23.3 Å². The molecule has 0 spiro atoms. The Morgan fingerprint density at radius 3 is 2.75 bits per heavy atom. The second-order valence-corrected chi connectivity index (χ2v) is 5.81. The Morgan fingerprint density at radius 1 is 1.50 bits per heavy atom. The van der Waals surface area contributed by atoms with Crippen molar-refractivity contribution < 1.29 is 14.7 Å². The minimum Gasteiger partial charge on any atom is -0.479 e. The van der Waals surface area contributed by atoms with Gasteiger partial charge in [-0.2, -0.15) is 0 Å². The summed E-state index contributed by atoms with van der Waals surface area (Å²) in [5.74, 6) is -1.04. The van der Waals surface area contributed by atoms with E-state index in [1.807, 2.05) is 0 Å². The van der Waals surface area contributed by atoms with Crippen molar-refractivity contribution in [3.8, 4) is 0 Å². The van der Waals surface area contributed by atoms with Gasteiger partial charge >= 0.3 is 12.0 Å². The second kappa shape index (κ2) is 6.71. The predicted octanol–water partition coefficient (Wildman–Crippen LogP) is 1.27. The van der Waals surface area contributed by atoms with Crippen LogP contribution in [0.1, 0.15) is 23.8 Å². The summed E-state index contributed by atoms with van der Waals surface area (Å²) in [4.78, 5) is 25.7. The fourth-order valence-electron chi connectivity index (χ4n) is 2.30. The van der Waals surface area contributed by atoms with Crippen LogP contribution in [0, 0.1) is 0 Å². The lowest BCUT2D eigenvalue weighted by Gasteiger charge is -2.32. The summed E-state index contributed by atoms with van der Waals surface area (Å²) in [5, 5.41) is 16.9. The van der Waals surface area contributed by atoms with Gasteiger partial charge in [0.2, 0.25) is 0 Å². The van der Waals surface area contributed by atoms with Crippen LogP contribution in [0.5, 0.6) is 0 Å². The summed E-state index contributed by atoms with van der Waals surface area (Å²) in [6, 6.07) is 2.34.